The molecular formula is C17H28BrClN2. The van der Waals surface area contributed by atoms with Crippen molar-refractivity contribution < 1.29 is 0 Å². The van der Waals surface area contributed by atoms with Crippen molar-refractivity contribution in [2.45, 2.75) is 46.2 Å². The maximum atomic E-state index is 6.38. The van der Waals surface area contributed by atoms with Crippen molar-refractivity contribution in [2.24, 2.45) is 5.92 Å². The molecule has 0 bridgehead atoms. The fourth-order valence-electron chi connectivity index (χ4n) is 2.56. The van der Waals surface area contributed by atoms with E-state index in [4.69, 9.17) is 11.6 Å². The molecule has 1 N–H and O–H groups in total. The van der Waals surface area contributed by atoms with Gasteiger partial charge >= 0.3 is 0 Å². The summed E-state index contributed by atoms with van der Waals surface area (Å²) in [4.78, 5) is 2.54. The Morgan fingerprint density at radius 1 is 1.24 bits per heavy atom. The highest BCUT2D eigenvalue weighted by Gasteiger charge is 2.17. The van der Waals surface area contributed by atoms with Crippen molar-refractivity contribution >= 4 is 27.5 Å². The van der Waals surface area contributed by atoms with Crippen LogP contribution in [0.1, 0.15) is 45.7 Å². The highest BCUT2D eigenvalue weighted by atomic mass is 79.9. The molecule has 1 aromatic carbocycles. The first-order chi connectivity index (χ1) is 9.85. The molecule has 0 fully saturated rings. The van der Waals surface area contributed by atoms with Crippen LogP contribution in [0.5, 0.6) is 0 Å². The van der Waals surface area contributed by atoms with E-state index in [0.29, 0.717) is 18.0 Å². The van der Waals surface area contributed by atoms with Gasteiger partial charge in [-0.3, -0.25) is 0 Å². The Morgan fingerprint density at radius 3 is 2.38 bits per heavy atom. The number of nitrogens with one attached hydrogen (secondary N) is 1. The third kappa shape index (κ3) is 6.27. The summed E-state index contributed by atoms with van der Waals surface area (Å²) in [6, 6.07) is 7.00. The molecule has 1 unspecified atom stereocenters. The van der Waals surface area contributed by atoms with E-state index < -0.39 is 0 Å². The van der Waals surface area contributed by atoms with Crippen LogP contribution >= 0.6 is 27.5 Å². The Bertz CT molecular complexity index is 435. The van der Waals surface area contributed by atoms with Crippen LogP contribution in [-0.4, -0.2) is 31.1 Å². The predicted octanol–water partition coefficient (Wildman–Crippen LogP) is 5.12. The molecule has 1 rings (SSSR count). The predicted molar refractivity (Wildman–Crippen MR) is 97.1 cm³/mol. The van der Waals surface area contributed by atoms with Crippen LogP contribution in [0.15, 0.2) is 22.7 Å². The first-order valence-corrected chi connectivity index (χ1v) is 8.88. The van der Waals surface area contributed by atoms with Gasteiger partial charge in [-0.2, -0.15) is 0 Å². The van der Waals surface area contributed by atoms with Crippen LogP contribution in [0.25, 0.3) is 0 Å². The molecule has 0 spiro atoms. The second-order valence-corrected chi connectivity index (χ2v) is 7.60. The average Bonchev–Trinajstić information content (AvgIpc) is 2.39. The number of hydrogen-bond acceptors (Lipinski definition) is 2. The highest BCUT2D eigenvalue weighted by molar-refractivity contribution is 9.10. The lowest BCUT2D eigenvalue weighted by molar-refractivity contribution is 0.188. The molecule has 0 aliphatic rings. The van der Waals surface area contributed by atoms with Gasteiger partial charge in [-0.15, -0.1) is 0 Å². The smallest absolute Gasteiger partial charge is 0.0465 e. The van der Waals surface area contributed by atoms with E-state index in [-0.39, 0.29) is 0 Å². The van der Waals surface area contributed by atoms with E-state index in [1.165, 1.54) is 5.56 Å². The maximum Gasteiger partial charge on any atom is 0.0465 e. The fraction of sp³-hybridized carbons (Fsp3) is 0.647. The minimum atomic E-state index is 0.291. The summed E-state index contributed by atoms with van der Waals surface area (Å²) < 4.78 is 1.02. The van der Waals surface area contributed by atoms with Crippen molar-refractivity contribution in [3.63, 3.8) is 0 Å². The quantitative estimate of drug-likeness (QED) is 0.678. The van der Waals surface area contributed by atoms with E-state index in [9.17, 15) is 0 Å². The van der Waals surface area contributed by atoms with Gasteiger partial charge in [-0.25, -0.2) is 0 Å². The van der Waals surface area contributed by atoms with Gasteiger partial charge in [-0.1, -0.05) is 47.4 Å². The summed E-state index contributed by atoms with van der Waals surface area (Å²) in [6.45, 7) is 11.3. The molecule has 0 saturated heterocycles. The molecule has 4 heteroatoms. The van der Waals surface area contributed by atoms with Crippen LogP contribution < -0.4 is 5.32 Å². The van der Waals surface area contributed by atoms with E-state index in [2.05, 4.69) is 66.0 Å². The molecule has 0 aromatic heterocycles. The molecule has 120 valence electrons. The van der Waals surface area contributed by atoms with Crippen molar-refractivity contribution in [2.75, 3.05) is 20.1 Å². The van der Waals surface area contributed by atoms with Crippen LogP contribution in [0.2, 0.25) is 5.02 Å². The van der Waals surface area contributed by atoms with Crippen molar-refractivity contribution in [3.8, 4) is 0 Å². The molecule has 1 atom stereocenters. The maximum absolute atomic E-state index is 6.38. The van der Waals surface area contributed by atoms with Gasteiger partial charge in [0.15, 0.2) is 0 Å². The third-order valence-electron chi connectivity index (χ3n) is 3.72. The highest BCUT2D eigenvalue weighted by Crippen LogP contribution is 2.28. The first-order valence-electron chi connectivity index (χ1n) is 7.71. The Kier molecular flexibility index (Phi) is 8.25. The first kappa shape index (κ1) is 19.0. The summed E-state index contributed by atoms with van der Waals surface area (Å²) in [5, 5.41) is 4.22. The molecule has 1 aromatic rings. The van der Waals surface area contributed by atoms with E-state index in [1.54, 1.807) is 0 Å². The molecule has 21 heavy (non-hydrogen) atoms. The van der Waals surface area contributed by atoms with Crippen molar-refractivity contribution in [3.05, 3.63) is 33.3 Å². The zero-order valence-electron chi connectivity index (χ0n) is 13.8. The topological polar surface area (TPSA) is 15.3 Å². The lowest BCUT2D eigenvalue weighted by Gasteiger charge is -2.30. The Labute approximate surface area is 143 Å². The van der Waals surface area contributed by atoms with E-state index in [1.807, 2.05) is 13.1 Å². The SMILES string of the molecule is CNC(CCN(CC(C)C)C(C)C)c1ccc(Br)cc1Cl. The third-order valence-corrected chi connectivity index (χ3v) is 4.54. The standard InChI is InChI=1S/C17H28BrClN2/c1-12(2)11-21(13(3)4)9-8-17(20-5)15-7-6-14(18)10-16(15)19/h6-7,10,12-13,17,20H,8-9,11H2,1-5H3. The molecule has 0 aliphatic heterocycles. The van der Waals surface area contributed by atoms with E-state index in [0.717, 1.165) is 29.0 Å². The van der Waals surface area contributed by atoms with Gasteiger partial charge in [0.05, 0.1) is 0 Å². The summed E-state index contributed by atoms with van der Waals surface area (Å²) in [6.07, 6.45) is 1.06. The molecule has 0 aliphatic carbocycles. The van der Waals surface area contributed by atoms with Gasteiger partial charge in [0.25, 0.3) is 0 Å². The van der Waals surface area contributed by atoms with Gasteiger partial charge in [0, 0.05) is 34.7 Å². The number of rotatable bonds is 8. The zero-order valence-corrected chi connectivity index (χ0v) is 16.1. The van der Waals surface area contributed by atoms with Crippen LogP contribution in [-0.2, 0) is 0 Å². The van der Waals surface area contributed by atoms with Crippen molar-refractivity contribution in [1.29, 1.82) is 0 Å². The molecule has 0 saturated carbocycles. The van der Waals surface area contributed by atoms with Gasteiger partial charge in [0.1, 0.15) is 0 Å². The fourth-order valence-corrected chi connectivity index (χ4v) is 3.37. The lowest BCUT2D eigenvalue weighted by Crippen LogP contribution is -2.36. The number of hydrogen-bond donors (Lipinski definition) is 1. The Morgan fingerprint density at radius 2 is 1.90 bits per heavy atom. The van der Waals surface area contributed by atoms with E-state index >= 15 is 0 Å². The Hall–Kier alpha value is -0.0900. The largest absolute Gasteiger partial charge is 0.313 e. The minimum Gasteiger partial charge on any atom is -0.313 e. The summed E-state index contributed by atoms with van der Waals surface area (Å²) in [7, 11) is 2.01. The molecule has 2 nitrogen and oxygen atoms in total. The minimum absolute atomic E-state index is 0.291. The summed E-state index contributed by atoms with van der Waals surface area (Å²) in [5.41, 5.74) is 1.18. The summed E-state index contributed by atoms with van der Waals surface area (Å²) in [5.74, 6) is 0.691. The number of benzene rings is 1. The second kappa shape index (κ2) is 9.14. The second-order valence-electron chi connectivity index (χ2n) is 6.28. The number of nitrogens with zero attached hydrogens (tertiary/aromatic N) is 1. The monoisotopic (exact) mass is 374 g/mol. The summed E-state index contributed by atoms with van der Waals surface area (Å²) >= 11 is 9.84. The van der Waals surface area contributed by atoms with Gasteiger partial charge < -0.3 is 10.2 Å². The van der Waals surface area contributed by atoms with Crippen LogP contribution in [0.4, 0.5) is 0 Å². The molecule has 0 radical (unpaired) electrons. The van der Waals surface area contributed by atoms with Crippen LogP contribution in [0.3, 0.4) is 0 Å². The van der Waals surface area contributed by atoms with Crippen molar-refractivity contribution in [1.82, 2.24) is 10.2 Å². The Balaban J connectivity index is 2.73. The van der Waals surface area contributed by atoms with Crippen LogP contribution in [0, 0.1) is 5.92 Å². The molecular weight excluding hydrogens is 348 g/mol. The zero-order chi connectivity index (χ0) is 16.0. The number of halogens is 2. The normalized spacial score (nSPS) is 13.4. The van der Waals surface area contributed by atoms with Gasteiger partial charge in [0.2, 0.25) is 0 Å². The molecule has 0 heterocycles. The van der Waals surface area contributed by atoms with Gasteiger partial charge in [-0.05, 0) is 50.9 Å². The molecule has 0 amide bonds. The average molecular weight is 376 g/mol. The lowest BCUT2D eigenvalue weighted by atomic mass is 10.0.